The lowest BCUT2D eigenvalue weighted by Gasteiger charge is -2.28. The van der Waals surface area contributed by atoms with Crippen molar-refractivity contribution in [3.8, 4) is 0 Å². The summed E-state index contributed by atoms with van der Waals surface area (Å²) in [5.74, 6) is 0. The molecule has 0 aliphatic carbocycles. The van der Waals surface area contributed by atoms with Crippen molar-refractivity contribution in [3.05, 3.63) is 22.4 Å². The molecule has 0 saturated heterocycles. The van der Waals surface area contributed by atoms with E-state index in [4.69, 9.17) is 0 Å². The first-order chi connectivity index (χ1) is 8.09. The van der Waals surface area contributed by atoms with E-state index in [0.29, 0.717) is 6.54 Å². The minimum Gasteiger partial charge on any atom is -0.394 e. The first-order valence-corrected chi connectivity index (χ1v) is 6.72. The van der Waals surface area contributed by atoms with E-state index in [2.05, 4.69) is 10.6 Å². The Bertz CT molecular complexity index is 340. The average Bonchev–Trinajstić information content (AvgIpc) is 2.79. The number of urea groups is 1. The highest BCUT2D eigenvalue weighted by Gasteiger charge is 2.24. The van der Waals surface area contributed by atoms with Gasteiger partial charge in [-0.1, -0.05) is 13.3 Å². The molecule has 96 valence electrons. The highest BCUT2D eigenvalue weighted by Crippen LogP contribution is 2.11. The van der Waals surface area contributed by atoms with Crippen LogP contribution in [0.4, 0.5) is 4.79 Å². The van der Waals surface area contributed by atoms with Gasteiger partial charge in [-0.25, -0.2) is 4.79 Å². The molecule has 1 aromatic heterocycles. The van der Waals surface area contributed by atoms with Crippen molar-refractivity contribution in [2.75, 3.05) is 6.61 Å². The maximum Gasteiger partial charge on any atom is 0.315 e. The molecule has 0 bridgehead atoms. The quantitative estimate of drug-likeness (QED) is 0.730. The van der Waals surface area contributed by atoms with Gasteiger partial charge in [0.1, 0.15) is 0 Å². The summed E-state index contributed by atoms with van der Waals surface area (Å²) in [6.07, 6.45) is 1.68. The van der Waals surface area contributed by atoms with E-state index in [1.807, 2.05) is 30.7 Å². The second-order valence-electron chi connectivity index (χ2n) is 4.41. The first kappa shape index (κ1) is 14.0. The smallest absolute Gasteiger partial charge is 0.315 e. The summed E-state index contributed by atoms with van der Waals surface area (Å²) in [6, 6.07) is 1.74. The van der Waals surface area contributed by atoms with Gasteiger partial charge in [-0.05, 0) is 35.7 Å². The minimum atomic E-state index is -0.534. The highest BCUT2D eigenvalue weighted by atomic mass is 32.1. The summed E-state index contributed by atoms with van der Waals surface area (Å²) in [7, 11) is 0. The minimum absolute atomic E-state index is 0.0489. The van der Waals surface area contributed by atoms with E-state index >= 15 is 0 Å². The van der Waals surface area contributed by atoms with Gasteiger partial charge in [0.05, 0.1) is 12.1 Å². The van der Waals surface area contributed by atoms with Crippen LogP contribution in [0.3, 0.4) is 0 Å². The lowest BCUT2D eigenvalue weighted by atomic mass is 9.98. The van der Waals surface area contributed by atoms with Gasteiger partial charge in [-0.15, -0.1) is 0 Å². The summed E-state index contributed by atoms with van der Waals surface area (Å²) in [6.45, 7) is 4.34. The molecule has 1 heterocycles. The molecule has 0 aliphatic heterocycles. The predicted molar refractivity (Wildman–Crippen MR) is 70.1 cm³/mol. The Balaban J connectivity index is 2.37. The number of carbonyl (C=O) groups excluding carboxylic acids is 1. The van der Waals surface area contributed by atoms with Crippen molar-refractivity contribution in [2.45, 2.75) is 38.8 Å². The summed E-state index contributed by atoms with van der Waals surface area (Å²) in [5, 5.41) is 18.8. The van der Waals surface area contributed by atoms with Crippen LogP contribution in [0.1, 0.15) is 32.3 Å². The van der Waals surface area contributed by atoms with Crippen molar-refractivity contribution in [1.82, 2.24) is 10.6 Å². The maximum absolute atomic E-state index is 11.7. The molecule has 4 nitrogen and oxygen atoms in total. The number of hydrogen-bond acceptors (Lipinski definition) is 3. The van der Waals surface area contributed by atoms with Crippen LogP contribution in [0.15, 0.2) is 16.8 Å². The Hall–Kier alpha value is -1.07. The normalized spacial score (nSPS) is 14.1. The van der Waals surface area contributed by atoms with Gasteiger partial charge in [-0.3, -0.25) is 0 Å². The molecule has 1 rings (SSSR count). The van der Waals surface area contributed by atoms with E-state index in [1.54, 1.807) is 11.3 Å². The lowest BCUT2D eigenvalue weighted by Crippen LogP contribution is -2.52. The summed E-state index contributed by atoms with van der Waals surface area (Å²) >= 11 is 1.61. The van der Waals surface area contributed by atoms with E-state index in [9.17, 15) is 9.90 Å². The monoisotopic (exact) mass is 256 g/mol. The molecule has 0 spiro atoms. The molecule has 0 saturated carbocycles. The molecule has 3 N–H and O–H groups in total. The van der Waals surface area contributed by atoms with Crippen LogP contribution in [-0.4, -0.2) is 23.3 Å². The van der Waals surface area contributed by atoms with Crippen molar-refractivity contribution in [3.63, 3.8) is 0 Å². The Labute approximate surface area is 106 Å². The topological polar surface area (TPSA) is 61.4 Å². The molecule has 1 unspecified atom stereocenters. The van der Waals surface area contributed by atoms with Crippen LogP contribution in [0, 0.1) is 0 Å². The van der Waals surface area contributed by atoms with Crippen LogP contribution in [-0.2, 0) is 6.54 Å². The number of thiophene rings is 1. The zero-order valence-corrected chi connectivity index (χ0v) is 11.1. The third kappa shape index (κ3) is 4.75. The molecular weight excluding hydrogens is 236 g/mol. The average molecular weight is 256 g/mol. The molecular formula is C12H20N2O2S. The SMILES string of the molecule is CCCC(C)(CO)NC(=O)NCc1ccsc1. The Morgan fingerprint density at radius 1 is 1.59 bits per heavy atom. The fraction of sp³-hybridized carbons (Fsp3) is 0.583. The van der Waals surface area contributed by atoms with Gasteiger partial charge >= 0.3 is 6.03 Å². The Morgan fingerprint density at radius 3 is 2.88 bits per heavy atom. The van der Waals surface area contributed by atoms with Gasteiger partial charge in [0.15, 0.2) is 0 Å². The standard InChI is InChI=1S/C12H20N2O2S/c1-3-5-12(2,9-15)14-11(16)13-7-10-4-6-17-8-10/h4,6,8,15H,3,5,7,9H2,1-2H3,(H2,13,14,16). The fourth-order valence-corrected chi connectivity index (χ4v) is 2.30. The molecule has 17 heavy (non-hydrogen) atoms. The molecule has 2 amide bonds. The van der Waals surface area contributed by atoms with E-state index in [0.717, 1.165) is 18.4 Å². The van der Waals surface area contributed by atoms with E-state index in [-0.39, 0.29) is 12.6 Å². The van der Waals surface area contributed by atoms with Crippen LogP contribution in [0.25, 0.3) is 0 Å². The molecule has 0 fully saturated rings. The van der Waals surface area contributed by atoms with Gasteiger partial charge in [0.25, 0.3) is 0 Å². The summed E-state index contributed by atoms with van der Waals surface area (Å²) in [4.78, 5) is 11.7. The van der Waals surface area contributed by atoms with Crippen molar-refractivity contribution in [1.29, 1.82) is 0 Å². The molecule has 1 aromatic rings. The number of rotatable bonds is 6. The first-order valence-electron chi connectivity index (χ1n) is 5.77. The lowest BCUT2D eigenvalue weighted by molar-refractivity contribution is 0.163. The summed E-state index contributed by atoms with van der Waals surface area (Å²) < 4.78 is 0. The Morgan fingerprint density at radius 2 is 2.35 bits per heavy atom. The number of hydrogen-bond donors (Lipinski definition) is 3. The number of nitrogens with one attached hydrogen (secondary N) is 2. The van der Waals surface area contributed by atoms with Crippen molar-refractivity contribution < 1.29 is 9.90 Å². The van der Waals surface area contributed by atoms with Gasteiger partial charge < -0.3 is 15.7 Å². The fourth-order valence-electron chi connectivity index (χ4n) is 1.63. The zero-order chi connectivity index (χ0) is 12.7. The highest BCUT2D eigenvalue weighted by molar-refractivity contribution is 7.07. The van der Waals surface area contributed by atoms with Crippen LogP contribution in [0.5, 0.6) is 0 Å². The van der Waals surface area contributed by atoms with E-state index < -0.39 is 5.54 Å². The molecule has 0 aromatic carbocycles. The number of aliphatic hydroxyl groups is 1. The third-order valence-corrected chi connectivity index (χ3v) is 3.33. The van der Waals surface area contributed by atoms with E-state index in [1.165, 1.54) is 0 Å². The summed E-state index contributed by atoms with van der Waals surface area (Å²) in [5.41, 5.74) is 0.555. The predicted octanol–water partition coefficient (Wildman–Crippen LogP) is 2.10. The maximum atomic E-state index is 11.7. The second-order valence-corrected chi connectivity index (χ2v) is 5.19. The van der Waals surface area contributed by atoms with Crippen LogP contribution in [0.2, 0.25) is 0 Å². The van der Waals surface area contributed by atoms with Crippen LogP contribution >= 0.6 is 11.3 Å². The number of aliphatic hydroxyl groups excluding tert-OH is 1. The molecule has 0 radical (unpaired) electrons. The van der Waals surface area contributed by atoms with Crippen molar-refractivity contribution in [2.24, 2.45) is 0 Å². The number of amides is 2. The molecule has 1 atom stereocenters. The zero-order valence-electron chi connectivity index (χ0n) is 10.3. The molecule has 5 heteroatoms. The number of carbonyl (C=O) groups is 1. The largest absolute Gasteiger partial charge is 0.394 e. The van der Waals surface area contributed by atoms with Gasteiger partial charge in [0, 0.05) is 6.54 Å². The van der Waals surface area contributed by atoms with Crippen molar-refractivity contribution >= 4 is 17.4 Å². The van der Waals surface area contributed by atoms with Gasteiger partial charge in [0.2, 0.25) is 0 Å². The van der Waals surface area contributed by atoms with Crippen LogP contribution < -0.4 is 10.6 Å². The molecule has 0 aliphatic rings. The Kier molecular flexibility index (Phi) is 5.44. The van der Waals surface area contributed by atoms with Gasteiger partial charge in [-0.2, -0.15) is 11.3 Å². The third-order valence-electron chi connectivity index (χ3n) is 2.60. The second kappa shape index (κ2) is 6.61.